The maximum Gasteiger partial charge on any atom is 0.322 e. The summed E-state index contributed by atoms with van der Waals surface area (Å²) < 4.78 is 0. The highest BCUT2D eigenvalue weighted by Crippen LogP contribution is 2.28. The van der Waals surface area contributed by atoms with Crippen molar-refractivity contribution in [3.05, 3.63) is 77.0 Å². The number of amides is 3. The lowest BCUT2D eigenvalue weighted by atomic mass is 10.1. The van der Waals surface area contributed by atoms with Gasteiger partial charge in [-0.2, -0.15) is 5.10 Å². The van der Waals surface area contributed by atoms with Gasteiger partial charge >= 0.3 is 6.03 Å². The van der Waals surface area contributed by atoms with Crippen molar-refractivity contribution in [2.75, 3.05) is 10.6 Å². The van der Waals surface area contributed by atoms with Crippen LogP contribution in [0.4, 0.5) is 16.3 Å². The number of aryl methyl sites for hydroxylation is 1. The highest BCUT2D eigenvalue weighted by molar-refractivity contribution is 6.04. The van der Waals surface area contributed by atoms with Gasteiger partial charge in [0.15, 0.2) is 0 Å². The molecule has 0 unspecified atom stereocenters. The maximum absolute atomic E-state index is 12.5. The summed E-state index contributed by atoms with van der Waals surface area (Å²) in [5.41, 5.74) is 3.93. The molecule has 0 fully saturated rings. The van der Waals surface area contributed by atoms with Gasteiger partial charge < -0.3 is 15.5 Å². The van der Waals surface area contributed by atoms with E-state index < -0.39 is 0 Å². The van der Waals surface area contributed by atoms with E-state index in [1.54, 1.807) is 11.0 Å². The molecule has 1 aromatic heterocycles. The average molecular weight is 361 g/mol. The summed E-state index contributed by atoms with van der Waals surface area (Å²) in [6.45, 7) is 2.71. The van der Waals surface area contributed by atoms with Crippen molar-refractivity contribution in [2.45, 2.75) is 20.0 Å². The largest absolute Gasteiger partial charge is 0.322 e. The van der Waals surface area contributed by atoms with E-state index in [9.17, 15) is 9.59 Å². The molecule has 0 atom stereocenters. The van der Waals surface area contributed by atoms with Gasteiger partial charge in [0.05, 0.1) is 18.8 Å². The predicted molar refractivity (Wildman–Crippen MR) is 102 cm³/mol. The van der Waals surface area contributed by atoms with Crippen molar-refractivity contribution >= 4 is 23.4 Å². The lowest BCUT2D eigenvalue weighted by molar-refractivity contribution is 0.102. The number of carbonyl (C=O) groups is 2. The minimum Gasteiger partial charge on any atom is -0.314 e. The van der Waals surface area contributed by atoms with Gasteiger partial charge in [0.25, 0.3) is 5.91 Å². The van der Waals surface area contributed by atoms with Crippen LogP contribution >= 0.6 is 0 Å². The van der Waals surface area contributed by atoms with Gasteiger partial charge in [0, 0.05) is 16.8 Å². The number of aromatic amines is 1. The van der Waals surface area contributed by atoms with Gasteiger partial charge in [-0.3, -0.25) is 9.89 Å². The van der Waals surface area contributed by atoms with Gasteiger partial charge in [-0.05, 0) is 31.2 Å². The van der Waals surface area contributed by atoms with E-state index in [4.69, 9.17) is 0 Å². The highest BCUT2D eigenvalue weighted by Gasteiger charge is 2.29. The van der Waals surface area contributed by atoms with Gasteiger partial charge in [0.2, 0.25) is 0 Å². The first-order valence-electron chi connectivity index (χ1n) is 8.65. The van der Waals surface area contributed by atoms with Crippen LogP contribution in [0.25, 0.3) is 0 Å². The van der Waals surface area contributed by atoms with E-state index in [1.165, 1.54) is 0 Å². The first-order valence-corrected chi connectivity index (χ1v) is 8.65. The molecular formula is C20H19N5O2. The Bertz CT molecular complexity index is 997. The van der Waals surface area contributed by atoms with Crippen molar-refractivity contribution in [3.63, 3.8) is 0 Å². The summed E-state index contributed by atoms with van der Waals surface area (Å²) in [6.07, 6.45) is 0. The van der Waals surface area contributed by atoms with Crippen LogP contribution in [0.1, 0.15) is 27.2 Å². The van der Waals surface area contributed by atoms with Crippen LogP contribution in [-0.4, -0.2) is 27.0 Å². The average Bonchev–Trinajstić information content (AvgIpc) is 3.24. The third-order valence-electron chi connectivity index (χ3n) is 4.47. The summed E-state index contributed by atoms with van der Waals surface area (Å²) >= 11 is 0. The summed E-state index contributed by atoms with van der Waals surface area (Å²) in [6, 6.07) is 16.5. The number of nitrogens with zero attached hydrogens (tertiary/aromatic N) is 2. The fourth-order valence-corrected chi connectivity index (χ4v) is 3.07. The normalized spacial score (nSPS) is 12.6. The number of nitrogens with one attached hydrogen (secondary N) is 3. The SMILES string of the molecule is Cc1cccc(C(=O)Nc2[nH]nc3c2CN(C(=O)Nc2ccccc2)C3)c1. The van der Waals surface area contributed by atoms with Gasteiger partial charge in [-0.15, -0.1) is 0 Å². The zero-order chi connectivity index (χ0) is 18.8. The van der Waals surface area contributed by atoms with Gasteiger partial charge in [-0.25, -0.2) is 4.79 Å². The maximum atomic E-state index is 12.5. The molecule has 0 aliphatic carbocycles. The molecule has 3 amide bonds. The van der Waals surface area contributed by atoms with Crippen LogP contribution in [0, 0.1) is 6.92 Å². The van der Waals surface area contributed by atoms with Crippen LogP contribution in [0.3, 0.4) is 0 Å². The molecule has 2 heterocycles. The monoisotopic (exact) mass is 361 g/mol. The van der Waals surface area contributed by atoms with Gasteiger partial charge in [0.1, 0.15) is 5.82 Å². The van der Waals surface area contributed by atoms with Crippen molar-refractivity contribution in [1.82, 2.24) is 15.1 Å². The van der Waals surface area contributed by atoms with E-state index in [0.29, 0.717) is 24.5 Å². The molecule has 0 radical (unpaired) electrons. The molecule has 2 aromatic carbocycles. The molecule has 0 saturated heterocycles. The van der Waals surface area contributed by atoms with E-state index >= 15 is 0 Å². The van der Waals surface area contributed by atoms with Crippen molar-refractivity contribution in [2.24, 2.45) is 0 Å². The molecule has 7 heteroatoms. The minimum atomic E-state index is -0.211. The summed E-state index contributed by atoms with van der Waals surface area (Å²) in [5, 5.41) is 12.8. The Morgan fingerprint density at radius 2 is 1.85 bits per heavy atom. The summed E-state index contributed by atoms with van der Waals surface area (Å²) in [4.78, 5) is 26.6. The minimum absolute atomic E-state index is 0.199. The van der Waals surface area contributed by atoms with E-state index in [1.807, 2.05) is 55.5 Å². The highest BCUT2D eigenvalue weighted by atomic mass is 16.2. The van der Waals surface area contributed by atoms with Crippen LogP contribution in [0.5, 0.6) is 0 Å². The number of carbonyl (C=O) groups excluding carboxylic acids is 2. The number of hydrogen-bond acceptors (Lipinski definition) is 3. The van der Waals surface area contributed by atoms with Crippen molar-refractivity contribution < 1.29 is 9.59 Å². The molecule has 0 spiro atoms. The lowest BCUT2D eigenvalue weighted by Crippen LogP contribution is -2.30. The molecule has 1 aliphatic rings. The second-order valence-electron chi connectivity index (χ2n) is 6.50. The second kappa shape index (κ2) is 6.95. The molecule has 0 saturated carbocycles. The number of hydrogen-bond donors (Lipinski definition) is 3. The standard InChI is InChI=1S/C20H19N5O2/c1-13-6-5-7-14(10-13)19(26)22-18-16-11-25(12-17(16)23-24-18)20(27)21-15-8-3-2-4-9-15/h2-10H,11-12H2,1H3,(H,21,27)(H2,22,23,24,26). The van der Waals surface area contributed by atoms with E-state index in [2.05, 4.69) is 20.8 Å². The number of fused-ring (bicyclic) bond motifs is 1. The number of rotatable bonds is 3. The topological polar surface area (TPSA) is 90.1 Å². The number of para-hydroxylation sites is 1. The lowest BCUT2D eigenvalue weighted by Gasteiger charge is -2.16. The molecule has 136 valence electrons. The third kappa shape index (κ3) is 3.52. The quantitative estimate of drug-likeness (QED) is 0.667. The Kier molecular flexibility index (Phi) is 4.33. The number of benzene rings is 2. The second-order valence-corrected chi connectivity index (χ2v) is 6.50. The van der Waals surface area contributed by atoms with Crippen LogP contribution in [0.2, 0.25) is 0 Å². The Hall–Kier alpha value is -3.61. The number of aromatic nitrogens is 2. The zero-order valence-corrected chi connectivity index (χ0v) is 14.8. The number of H-pyrrole nitrogens is 1. The van der Waals surface area contributed by atoms with Crippen molar-refractivity contribution in [1.29, 1.82) is 0 Å². The van der Waals surface area contributed by atoms with Gasteiger partial charge in [-0.1, -0.05) is 35.9 Å². The summed E-state index contributed by atoms with van der Waals surface area (Å²) in [7, 11) is 0. The Morgan fingerprint density at radius 1 is 1.04 bits per heavy atom. The van der Waals surface area contributed by atoms with Crippen molar-refractivity contribution in [3.8, 4) is 0 Å². The fourth-order valence-electron chi connectivity index (χ4n) is 3.07. The summed E-state index contributed by atoms with van der Waals surface area (Å²) in [5.74, 6) is 0.323. The number of anilines is 2. The van der Waals surface area contributed by atoms with E-state index in [0.717, 1.165) is 22.5 Å². The zero-order valence-electron chi connectivity index (χ0n) is 14.8. The molecule has 3 N–H and O–H groups in total. The molecule has 27 heavy (non-hydrogen) atoms. The Labute approximate surface area is 156 Å². The molecule has 4 rings (SSSR count). The van der Waals surface area contributed by atoms with Crippen LogP contribution < -0.4 is 10.6 Å². The molecule has 0 bridgehead atoms. The molecule has 1 aliphatic heterocycles. The predicted octanol–water partition coefficient (Wildman–Crippen LogP) is 3.52. The van der Waals surface area contributed by atoms with Crippen LogP contribution in [0.15, 0.2) is 54.6 Å². The third-order valence-corrected chi connectivity index (χ3v) is 4.47. The molecule has 7 nitrogen and oxygen atoms in total. The first kappa shape index (κ1) is 16.8. The number of urea groups is 1. The first-order chi connectivity index (χ1) is 13.1. The van der Waals surface area contributed by atoms with E-state index in [-0.39, 0.29) is 11.9 Å². The molecular weight excluding hydrogens is 342 g/mol. The molecule has 3 aromatic rings. The smallest absolute Gasteiger partial charge is 0.314 e. The van der Waals surface area contributed by atoms with Crippen LogP contribution in [-0.2, 0) is 13.1 Å². The Morgan fingerprint density at radius 3 is 2.63 bits per heavy atom. The Balaban J connectivity index is 1.44. The fraction of sp³-hybridized carbons (Fsp3) is 0.150.